The van der Waals surface area contributed by atoms with Crippen molar-refractivity contribution in [3.63, 3.8) is 0 Å². The number of nitrogens with zero attached hydrogens (tertiary/aromatic N) is 1. The molecule has 12 heteroatoms. The van der Waals surface area contributed by atoms with Gasteiger partial charge in [0.05, 0.1) is 28.9 Å². The Morgan fingerprint density at radius 1 is 0.827 bits per heavy atom. The Labute approximate surface area is 298 Å². The number of pyridine rings is 2. The van der Waals surface area contributed by atoms with Gasteiger partial charge >= 0.3 is 12.1 Å². The van der Waals surface area contributed by atoms with Crippen molar-refractivity contribution in [1.82, 2.24) is 20.6 Å². The van der Waals surface area contributed by atoms with E-state index in [-0.39, 0.29) is 36.6 Å². The van der Waals surface area contributed by atoms with Crippen LogP contribution in [0.4, 0.5) is 4.79 Å². The lowest BCUT2D eigenvalue weighted by molar-refractivity contribution is 0.0472. The maximum absolute atomic E-state index is 12.7. The molecule has 0 aliphatic carbocycles. The zero-order valence-electron chi connectivity index (χ0n) is 27.9. The molecule has 0 spiro atoms. The number of benzene rings is 4. The van der Waals surface area contributed by atoms with Crippen molar-refractivity contribution in [2.24, 2.45) is 0 Å². The quantitative estimate of drug-likeness (QED) is 0.0766. The largest absolute Gasteiger partial charge is 0.506 e. The molecule has 0 saturated carbocycles. The van der Waals surface area contributed by atoms with E-state index in [1.54, 1.807) is 60.8 Å². The molecular formula is C40H36N4O8. The maximum Gasteiger partial charge on any atom is 0.405 e. The van der Waals surface area contributed by atoms with Crippen molar-refractivity contribution in [2.75, 3.05) is 6.54 Å². The topological polar surface area (TPSA) is 183 Å². The highest BCUT2D eigenvalue weighted by Crippen LogP contribution is 2.29. The predicted molar refractivity (Wildman–Crippen MR) is 193 cm³/mol. The third-order valence-corrected chi connectivity index (χ3v) is 8.35. The maximum atomic E-state index is 12.7. The van der Waals surface area contributed by atoms with E-state index < -0.39 is 24.2 Å². The molecule has 0 radical (unpaired) electrons. The number of H-pyrrole nitrogens is 1. The summed E-state index contributed by atoms with van der Waals surface area (Å²) in [7, 11) is 0. The van der Waals surface area contributed by atoms with Gasteiger partial charge in [0.15, 0.2) is 0 Å². The number of fused-ring (bicyclic) bond motifs is 1. The van der Waals surface area contributed by atoms with Gasteiger partial charge in [-0.25, -0.2) is 9.59 Å². The number of carbonyl (C=O) groups is 2. The second-order valence-corrected chi connectivity index (χ2v) is 12.0. The minimum atomic E-state index is -1.13. The number of esters is 1. The molecule has 0 aliphatic rings. The summed E-state index contributed by atoms with van der Waals surface area (Å²) in [6.07, 6.45) is -0.399. The van der Waals surface area contributed by atoms with Gasteiger partial charge in [0.1, 0.15) is 24.7 Å². The molecule has 0 saturated heterocycles. The number of carboxylic acid groups (broad SMARTS) is 1. The molecule has 12 nitrogen and oxygen atoms in total. The number of phenolic OH excluding ortho intramolecular Hbond substituents is 1. The van der Waals surface area contributed by atoms with Gasteiger partial charge in [-0.15, -0.1) is 0 Å². The number of aliphatic hydroxyl groups excluding tert-OH is 1. The van der Waals surface area contributed by atoms with E-state index in [9.17, 15) is 29.7 Å². The molecule has 2 aromatic heterocycles. The van der Waals surface area contributed by atoms with Gasteiger partial charge < -0.3 is 40.4 Å². The van der Waals surface area contributed by atoms with Crippen LogP contribution >= 0.6 is 0 Å². The van der Waals surface area contributed by atoms with E-state index in [0.29, 0.717) is 34.4 Å². The van der Waals surface area contributed by atoms with Crippen LogP contribution < -0.4 is 20.9 Å². The van der Waals surface area contributed by atoms with E-state index in [1.807, 2.05) is 48.5 Å². The smallest absolute Gasteiger partial charge is 0.405 e. The third kappa shape index (κ3) is 8.99. The van der Waals surface area contributed by atoms with E-state index >= 15 is 0 Å². The van der Waals surface area contributed by atoms with Crippen LogP contribution in [0.25, 0.3) is 10.9 Å². The molecule has 6 rings (SSSR count). The lowest BCUT2D eigenvalue weighted by Crippen LogP contribution is -2.27. The molecule has 264 valence electrons. The lowest BCUT2D eigenvalue weighted by Gasteiger charge is -2.19. The minimum Gasteiger partial charge on any atom is -0.506 e. The number of nitrogens with one attached hydrogen (secondary N) is 3. The van der Waals surface area contributed by atoms with Crippen LogP contribution in [0.2, 0.25) is 0 Å². The number of aliphatic hydroxyl groups is 1. The van der Waals surface area contributed by atoms with Crippen molar-refractivity contribution < 1.29 is 34.4 Å². The molecule has 1 amide bonds. The van der Waals surface area contributed by atoms with Gasteiger partial charge in [-0.1, -0.05) is 66.7 Å². The van der Waals surface area contributed by atoms with Gasteiger partial charge in [0.25, 0.3) is 0 Å². The first kappa shape index (κ1) is 35.3. The third-order valence-electron chi connectivity index (χ3n) is 8.35. The van der Waals surface area contributed by atoms with Crippen LogP contribution in [-0.2, 0) is 24.5 Å². The van der Waals surface area contributed by atoms with Gasteiger partial charge in [0, 0.05) is 36.3 Å². The van der Waals surface area contributed by atoms with Crippen molar-refractivity contribution >= 4 is 23.0 Å². The number of rotatable bonds is 14. The molecule has 4 aromatic carbocycles. The normalized spacial score (nSPS) is 12.2. The number of carbonyl (C=O) groups excluding carboxylic acids is 1. The SMILES string of the molecule is O=C(O)NC(c1ccccc1)c1cccc(OCc2ccc(C(=O)OCc3ccc(CNCC(O)c4ccc(O)c5[nH]c(=O)ccc45)nc3)cc2)c1. The van der Waals surface area contributed by atoms with Crippen LogP contribution in [-0.4, -0.2) is 43.9 Å². The second kappa shape index (κ2) is 16.5. The van der Waals surface area contributed by atoms with Crippen molar-refractivity contribution in [3.05, 3.63) is 171 Å². The van der Waals surface area contributed by atoms with E-state index in [0.717, 1.165) is 22.4 Å². The predicted octanol–water partition coefficient (Wildman–Crippen LogP) is 5.74. The first-order chi connectivity index (χ1) is 25.2. The number of ether oxygens (including phenoxy) is 2. The van der Waals surface area contributed by atoms with Gasteiger partial charge in [0.2, 0.25) is 5.56 Å². The van der Waals surface area contributed by atoms with Crippen molar-refractivity contribution in [1.29, 1.82) is 0 Å². The van der Waals surface area contributed by atoms with E-state index in [2.05, 4.69) is 20.6 Å². The highest BCUT2D eigenvalue weighted by atomic mass is 16.5. The van der Waals surface area contributed by atoms with Crippen molar-refractivity contribution in [2.45, 2.75) is 31.9 Å². The molecule has 2 unspecified atom stereocenters. The minimum absolute atomic E-state index is 0.0379. The summed E-state index contributed by atoms with van der Waals surface area (Å²) in [5.41, 5.74) is 4.69. The summed E-state index contributed by atoms with van der Waals surface area (Å²) in [5.74, 6) is 0.0198. The van der Waals surface area contributed by atoms with E-state index in [4.69, 9.17) is 9.47 Å². The number of amides is 1. The molecule has 0 aliphatic heterocycles. The Bertz CT molecular complexity index is 2210. The number of phenols is 1. The summed E-state index contributed by atoms with van der Waals surface area (Å²) in [5, 5.41) is 36.5. The molecule has 2 heterocycles. The molecule has 0 fully saturated rings. The molecule has 2 atom stereocenters. The number of aromatic nitrogens is 2. The zero-order chi connectivity index (χ0) is 36.5. The van der Waals surface area contributed by atoms with Crippen LogP contribution in [0.15, 0.2) is 126 Å². The average Bonchev–Trinajstić information content (AvgIpc) is 3.16. The Hall–Kier alpha value is -6.50. The summed E-state index contributed by atoms with van der Waals surface area (Å²) < 4.78 is 11.5. The zero-order valence-corrected chi connectivity index (χ0v) is 27.9. The van der Waals surface area contributed by atoms with Crippen LogP contribution in [0.5, 0.6) is 11.5 Å². The molecule has 52 heavy (non-hydrogen) atoms. The standard InChI is InChI=1S/C40H36N4O8/c45-34-17-15-32(33-16-18-36(47)43-38(33)34)35(46)22-41-21-30-14-11-26(20-42-30)24-52-39(48)28-12-9-25(10-13-28)23-51-31-8-4-7-29(19-31)37(44-40(49)50)27-5-2-1-3-6-27/h1-20,35,37,41,44-46H,21-24H2,(H,43,47)(H,49,50). The van der Waals surface area contributed by atoms with Crippen LogP contribution in [0.3, 0.4) is 0 Å². The lowest BCUT2D eigenvalue weighted by atomic mass is 9.98. The fourth-order valence-corrected chi connectivity index (χ4v) is 5.69. The Morgan fingerprint density at radius 2 is 1.60 bits per heavy atom. The Balaban J connectivity index is 0.960. The Kier molecular flexibility index (Phi) is 11.2. The van der Waals surface area contributed by atoms with Crippen LogP contribution in [0, 0.1) is 0 Å². The Morgan fingerprint density at radius 3 is 2.35 bits per heavy atom. The van der Waals surface area contributed by atoms with Gasteiger partial charge in [-0.05, 0) is 64.7 Å². The fraction of sp³-hybridized carbons (Fsp3) is 0.150. The summed E-state index contributed by atoms with van der Waals surface area (Å²) >= 11 is 0. The molecule has 6 aromatic rings. The highest BCUT2D eigenvalue weighted by molar-refractivity contribution is 5.89. The second-order valence-electron chi connectivity index (χ2n) is 12.0. The summed E-state index contributed by atoms with van der Waals surface area (Å²) in [6.45, 7) is 0.861. The molecule has 6 N–H and O–H groups in total. The highest BCUT2D eigenvalue weighted by Gasteiger charge is 2.17. The van der Waals surface area contributed by atoms with Gasteiger partial charge in [-0.3, -0.25) is 9.78 Å². The average molecular weight is 701 g/mol. The number of aromatic amines is 1. The van der Waals surface area contributed by atoms with E-state index in [1.165, 1.54) is 12.1 Å². The number of hydrogen-bond acceptors (Lipinski definition) is 9. The first-order valence-electron chi connectivity index (χ1n) is 16.4. The van der Waals surface area contributed by atoms with Crippen molar-refractivity contribution in [3.8, 4) is 11.5 Å². The number of hydrogen-bond donors (Lipinski definition) is 6. The summed E-state index contributed by atoms with van der Waals surface area (Å²) in [4.78, 5) is 42.9. The number of aromatic hydroxyl groups is 1. The molecule has 0 bridgehead atoms. The molecular weight excluding hydrogens is 664 g/mol. The van der Waals surface area contributed by atoms with Gasteiger partial charge in [-0.2, -0.15) is 0 Å². The monoisotopic (exact) mass is 700 g/mol. The van der Waals surface area contributed by atoms with Crippen LogP contribution in [0.1, 0.15) is 56.0 Å². The summed E-state index contributed by atoms with van der Waals surface area (Å²) in [6, 6.07) is 32.5. The first-order valence-corrected chi connectivity index (χ1v) is 16.4. The fourth-order valence-electron chi connectivity index (χ4n) is 5.69.